The van der Waals surface area contributed by atoms with Gasteiger partial charge in [0.05, 0.1) is 11.7 Å². The summed E-state index contributed by atoms with van der Waals surface area (Å²) in [6.45, 7) is 0. The first-order valence-electron chi connectivity index (χ1n) is 5.06. The maximum atomic E-state index is 11.9. The fourth-order valence-corrected chi connectivity index (χ4v) is 3.03. The van der Waals surface area contributed by atoms with Crippen LogP contribution in [0, 0.1) is 0 Å². The first-order valence-corrected chi connectivity index (χ1v) is 7.44. The average Bonchev–Trinajstić information content (AvgIpc) is 2.83. The van der Waals surface area contributed by atoms with Gasteiger partial charge in [-0.3, -0.25) is 10.1 Å². The van der Waals surface area contributed by atoms with Crippen molar-refractivity contribution in [1.29, 1.82) is 0 Å². The zero-order valence-corrected chi connectivity index (χ0v) is 10.7. The largest absolute Gasteiger partial charge is 0.324 e. The molecule has 1 aromatic rings. The van der Waals surface area contributed by atoms with Crippen molar-refractivity contribution in [3.05, 3.63) is 24.3 Å². The number of carbonyl (C=O) groups is 1. The summed E-state index contributed by atoms with van der Waals surface area (Å²) in [6.07, 6.45) is 2.01. The third-order valence-electron chi connectivity index (χ3n) is 2.40. The number of anilines is 1. The van der Waals surface area contributed by atoms with E-state index >= 15 is 0 Å². The number of rotatable bonds is 3. The van der Waals surface area contributed by atoms with E-state index < -0.39 is 0 Å². The molecule has 1 aliphatic rings. The molecule has 0 spiro atoms. The zero-order chi connectivity index (χ0) is 11.4. The van der Waals surface area contributed by atoms with Gasteiger partial charge in [0, 0.05) is 16.5 Å². The summed E-state index contributed by atoms with van der Waals surface area (Å²) in [5, 5.41) is 6.13. The molecule has 16 heavy (non-hydrogen) atoms. The van der Waals surface area contributed by atoms with E-state index in [1.807, 2.05) is 30.5 Å². The van der Waals surface area contributed by atoms with E-state index in [9.17, 15) is 4.79 Å². The van der Waals surface area contributed by atoms with Crippen LogP contribution in [0.4, 0.5) is 5.69 Å². The maximum absolute atomic E-state index is 11.9. The van der Waals surface area contributed by atoms with Crippen molar-refractivity contribution < 1.29 is 4.79 Å². The van der Waals surface area contributed by atoms with Gasteiger partial charge in [-0.2, -0.15) is 0 Å². The van der Waals surface area contributed by atoms with Crippen molar-refractivity contribution in [3.63, 3.8) is 0 Å². The zero-order valence-electron chi connectivity index (χ0n) is 9.03. The minimum atomic E-state index is -0.0556. The molecule has 1 aromatic carbocycles. The molecule has 3 nitrogen and oxygen atoms in total. The van der Waals surface area contributed by atoms with Crippen molar-refractivity contribution in [3.8, 4) is 0 Å². The Morgan fingerprint density at radius 3 is 3.06 bits per heavy atom. The van der Waals surface area contributed by atoms with E-state index in [1.165, 1.54) is 0 Å². The number of para-hydroxylation sites is 1. The highest BCUT2D eigenvalue weighted by atomic mass is 32.2. The van der Waals surface area contributed by atoms with Crippen LogP contribution < -0.4 is 10.6 Å². The summed E-state index contributed by atoms with van der Waals surface area (Å²) in [4.78, 5) is 13.0. The second-order valence-electron chi connectivity index (χ2n) is 3.46. The van der Waals surface area contributed by atoms with Gasteiger partial charge in [-0.15, -0.1) is 23.5 Å². The Morgan fingerprint density at radius 1 is 1.56 bits per heavy atom. The predicted octanol–water partition coefficient (Wildman–Crippen LogP) is 2.01. The minimum absolute atomic E-state index is 0.0556. The Morgan fingerprint density at radius 2 is 2.38 bits per heavy atom. The molecular weight excluding hydrogens is 240 g/mol. The molecule has 2 N–H and O–H groups in total. The monoisotopic (exact) mass is 254 g/mol. The molecule has 1 unspecified atom stereocenters. The van der Waals surface area contributed by atoms with Crippen molar-refractivity contribution in [2.24, 2.45) is 0 Å². The summed E-state index contributed by atoms with van der Waals surface area (Å²) in [7, 11) is 0. The van der Waals surface area contributed by atoms with Crippen LogP contribution in [-0.2, 0) is 4.79 Å². The lowest BCUT2D eigenvalue weighted by Crippen LogP contribution is -2.37. The molecule has 1 saturated heterocycles. The highest BCUT2D eigenvalue weighted by Gasteiger charge is 2.22. The van der Waals surface area contributed by atoms with Gasteiger partial charge in [0.25, 0.3) is 0 Å². The van der Waals surface area contributed by atoms with E-state index in [0.29, 0.717) is 0 Å². The van der Waals surface area contributed by atoms with Crippen molar-refractivity contribution in [2.75, 3.05) is 23.2 Å². The molecule has 0 aromatic heterocycles. The van der Waals surface area contributed by atoms with Gasteiger partial charge in [0.1, 0.15) is 0 Å². The highest BCUT2D eigenvalue weighted by Crippen LogP contribution is 2.25. The SMILES string of the molecule is CSc1ccccc1NC(=O)C1CSCN1. The normalized spacial score (nSPS) is 19.7. The molecule has 0 aliphatic carbocycles. The molecule has 5 heteroatoms. The number of hydrogen-bond donors (Lipinski definition) is 2. The Bertz CT molecular complexity index is 378. The summed E-state index contributed by atoms with van der Waals surface area (Å²) in [5.41, 5.74) is 0.902. The van der Waals surface area contributed by atoms with Crippen LogP contribution in [0.5, 0.6) is 0 Å². The smallest absolute Gasteiger partial charge is 0.242 e. The lowest BCUT2D eigenvalue weighted by atomic mass is 10.2. The third kappa shape index (κ3) is 2.72. The molecular formula is C11H14N2OS2. The molecule has 1 heterocycles. The number of carbonyl (C=O) groups excluding carboxylic acids is 1. The van der Waals surface area contributed by atoms with Crippen LogP contribution in [0.2, 0.25) is 0 Å². The van der Waals surface area contributed by atoms with E-state index in [2.05, 4.69) is 10.6 Å². The van der Waals surface area contributed by atoms with Crippen LogP contribution >= 0.6 is 23.5 Å². The van der Waals surface area contributed by atoms with E-state index in [1.54, 1.807) is 23.5 Å². The molecule has 0 saturated carbocycles. The summed E-state index contributed by atoms with van der Waals surface area (Å²) >= 11 is 3.39. The molecule has 1 aliphatic heterocycles. The number of amides is 1. The number of thioether (sulfide) groups is 2. The topological polar surface area (TPSA) is 41.1 Å². The van der Waals surface area contributed by atoms with E-state index in [4.69, 9.17) is 0 Å². The van der Waals surface area contributed by atoms with Gasteiger partial charge in [0.2, 0.25) is 5.91 Å². The number of hydrogen-bond acceptors (Lipinski definition) is 4. The number of nitrogens with one attached hydrogen (secondary N) is 2. The number of benzene rings is 1. The molecule has 0 radical (unpaired) electrons. The first-order chi connectivity index (χ1) is 7.81. The molecule has 2 rings (SSSR count). The van der Waals surface area contributed by atoms with E-state index in [-0.39, 0.29) is 11.9 Å². The Hall–Kier alpha value is -0.650. The minimum Gasteiger partial charge on any atom is -0.324 e. The van der Waals surface area contributed by atoms with Crippen LogP contribution in [0.1, 0.15) is 0 Å². The highest BCUT2D eigenvalue weighted by molar-refractivity contribution is 7.99. The van der Waals surface area contributed by atoms with E-state index in [0.717, 1.165) is 22.2 Å². The quantitative estimate of drug-likeness (QED) is 0.810. The second-order valence-corrected chi connectivity index (χ2v) is 5.34. The Balaban J connectivity index is 2.05. The fourth-order valence-electron chi connectivity index (χ4n) is 1.53. The van der Waals surface area contributed by atoms with Gasteiger partial charge in [-0.25, -0.2) is 0 Å². The van der Waals surface area contributed by atoms with Gasteiger partial charge in [0.15, 0.2) is 0 Å². The van der Waals surface area contributed by atoms with Crippen LogP contribution in [0.3, 0.4) is 0 Å². The fraction of sp³-hybridized carbons (Fsp3) is 0.364. The van der Waals surface area contributed by atoms with Gasteiger partial charge < -0.3 is 5.32 Å². The average molecular weight is 254 g/mol. The predicted molar refractivity (Wildman–Crippen MR) is 71.1 cm³/mol. The summed E-state index contributed by atoms with van der Waals surface area (Å²) in [5.74, 6) is 1.78. The van der Waals surface area contributed by atoms with Crippen molar-refractivity contribution in [1.82, 2.24) is 5.32 Å². The third-order valence-corrected chi connectivity index (χ3v) is 4.13. The second kappa shape index (κ2) is 5.61. The lowest BCUT2D eigenvalue weighted by Gasteiger charge is -2.12. The molecule has 1 atom stereocenters. The van der Waals surface area contributed by atoms with Gasteiger partial charge in [-0.05, 0) is 18.4 Å². The van der Waals surface area contributed by atoms with Crippen LogP contribution in [-0.4, -0.2) is 29.8 Å². The van der Waals surface area contributed by atoms with Crippen LogP contribution in [0.15, 0.2) is 29.2 Å². The Labute approximate surface area is 104 Å². The first kappa shape index (κ1) is 11.8. The van der Waals surface area contributed by atoms with Gasteiger partial charge >= 0.3 is 0 Å². The van der Waals surface area contributed by atoms with Crippen LogP contribution in [0.25, 0.3) is 0 Å². The molecule has 0 bridgehead atoms. The lowest BCUT2D eigenvalue weighted by molar-refractivity contribution is -0.117. The van der Waals surface area contributed by atoms with Gasteiger partial charge in [-0.1, -0.05) is 12.1 Å². The van der Waals surface area contributed by atoms with Crippen molar-refractivity contribution >= 4 is 35.1 Å². The summed E-state index contributed by atoms with van der Waals surface area (Å²) < 4.78 is 0. The molecule has 86 valence electrons. The molecule has 1 amide bonds. The summed E-state index contributed by atoms with van der Waals surface area (Å²) in [6, 6.07) is 7.81. The van der Waals surface area contributed by atoms with Crippen molar-refractivity contribution in [2.45, 2.75) is 10.9 Å². The molecule has 1 fully saturated rings. The standard InChI is InChI=1S/C11H14N2OS2/c1-15-10-5-3-2-4-8(10)13-11(14)9-6-16-7-12-9/h2-5,9,12H,6-7H2,1H3,(H,13,14). The maximum Gasteiger partial charge on any atom is 0.242 e. The Kier molecular flexibility index (Phi) is 4.15.